The molecule has 1 aromatic rings. The van der Waals surface area contributed by atoms with Gasteiger partial charge in [-0.15, -0.1) is 0 Å². The van der Waals surface area contributed by atoms with Gasteiger partial charge >= 0.3 is 23.9 Å². The quantitative estimate of drug-likeness (QED) is 0.304. The first-order valence-electron chi connectivity index (χ1n) is 12.1. The molecule has 1 aromatic carbocycles. The Morgan fingerprint density at radius 3 is 1.94 bits per heavy atom. The normalized spacial score (nSPS) is 14.3. The molecule has 9 heteroatoms. The van der Waals surface area contributed by atoms with Gasteiger partial charge in [0.1, 0.15) is 18.8 Å². The summed E-state index contributed by atoms with van der Waals surface area (Å²) in [5.74, 6) is -1.48. The van der Waals surface area contributed by atoms with E-state index in [2.05, 4.69) is 0 Å². The molecule has 2 N–H and O–H groups in total. The standard InChI is InChI=1S/C26H39NO8/c1-7-16(3)11-24(29)34-22-10-9-20(14-23(22)35-25(30)12-17(4)8-2)13-21(27)26(31)32-15-18(5)33-19(6)28/h9-10,14,16-18,21H,7-8,11-13,15,27H2,1-6H3/t16?,17?,18-,21-/m0/s1. The van der Waals surface area contributed by atoms with E-state index in [1.54, 1.807) is 13.0 Å². The van der Waals surface area contributed by atoms with Crippen LogP contribution in [0.15, 0.2) is 18.2 Å². The monoisotopic (exact) mass is 493 g/mol. The second-order valence-corrected chi connectivity index (χ2v) is 9.03. The Balaban J connectivity index is 2.95. The molecule has 196 valence electrons. The largest absolute Gasteiger partial charge is 0.461 e. The minimum Gasteiger partial charge on any atom is -0.461 e. The van der Waals surface area contributed by atoms with Gasteiger partial charge in [0.05, 0.1) is 0 Å². The van der Waals surface area contributed by atoms with Gasteiger partial charge in [-0.05, 0) is 42.9 Å². The number of nitrogens with two attached hydrogens (primary N) is 1. The van der Waals surface area contributed by atoms with Crippen molar-refractivity contribution in [3.05, 3.63) is 23.8 Å². The molecule has 9 nitrogen and oxygen atoms in total. The molecule has 0 spiro atoms. The smallest absolute Gasteiger partial charge is 0.323 e. The lowest BCUT2D eigenvalue weighted by Crippen LogP contribution is -2.36. The summed E-state index contributed by atoms with van der Waals surface area (Å²) in [6, 6.07) is 3.71. The molecule has 0 fully saturated rings. The lowest BCUT2D eigenvalue weighted by atomic mass is 10.0. The molecule has 0 amide bonds. The highest BCUT2D eigenvalue weighted by Gasteiger charge is 2.21. The Labute approximate surface area is 207 Å². The van der Waals surface area contributed by atoms with Crippen LogP contribution >= 0.6 is 0 Å². The van der Waals surface area contributed by atoms with E-state index >= 15 is 0 Å². The summed E-state index contributed by atoms with van der Waals surface area (Å²) in [7, 11) is 0. The number of benzene rings is 1. The van der Waals surface area contributed by atoms with E-state index in [1.807, 2.05) is 27.7 Å². The number of carbonyl (C=O) groups excluding carboxylic acids is 4. The zero-order valence-electron chi connectivity index (χ0n) is 21.6. The Bertz CT molecular complexity index is 869. The van der Waals surface area contributed by atoms with Crippen molar-refractivity contribution < 1.29 is 38.1 Å². The fourth-order valence-corrected chi connectivity index (χ4v) is 2.99. The van der Waals surface area contributed by atoms with Crippen LogP contribution in [0, 0.1) is 11.8 Å². The van der Waals surface area contributed by atoms with Crippen molar-refractivity contribution >= 4 is 23.9 Å². The first-order valence-corrected chi connectivity index (χ1v) is 12.1. The van der Waals surface area contributed by atoms with Gasteiger partial charge in [0.15, 0.2) is 11.5 Å². The molecule has 0 aliphatic heterocycles. The average Bonchev–Trinajstić information content (AvgIpc) is 2.78. The highest BCUT2D eigenvalue weighted by atomic mass is 16.6. The molecule has 35 heavy (non-hydrogen) atoms. The predicted octanol–water partition coefficient (Wildman–Crippen LogP) is 3.73. The summed E-state index contributed by atoms with van der Waals surface area (Å²) < 4.78 is 21.0. The molecule has 0 heterocycles. The third-order valence-electron chi connectivity index (χ3n) is 5.47. The van der Waals surface area contributed by atoms with Crippen LogP contribution in [0.4, 0.5) is 0 Å². The van der Waals surface area contributed by atoms with E-state index in [-0.39, 0.29) is 49.2 Å². The molecule has 2 unspecified atom stereocenters. The van der Waals surface area contributed by atoms with E-state index in [9.17, 15) is 19.2 Å². The predicted molar refractivity (Wildman–Crippen MR) is 130 cm³/mol. The molecule has 1 rings (SSSR count). The van der Waals surface area contributed by atoms with Crippen molar-refractivity contribution in [3.63, 3.8) is 0 Å². The van der Waals surface area contributed by atoms with Crippen LogP contribution in [0.2, 0.25) is 0 Å². The van der Waals surface area contributed by atoms with Gasteiger partial charge in [0.2, 0.25) is 0 Å². The molecular formula is C26H39NO8. The molecule has 0 aliphatic rings. The van der Waals surface area contributed by atoms with Crippen molar-refractivity contribution in [3.8, 4) is 11.5 Å². The second kappa shape index (κ2) is 15.1. The van der Waals surface area contributed by atoms with E-state index in [4.69, 9.17) is 24.7 Å². The first-order chi connectivity index (χ1) is 16.4. The van der Waals surface area contributed by atoms with E-state index in [0.29, 0.717) is 5.56 Å². The molecular weight excluding hydrogens is 454 g/mol. The topological polar surface area (TPSA) is 131 Å². The van der Waals surface area contributed by atoms with Gasteiger partial charge in [-0.25, -0.2) is 0 Å². The number of carbonyl (C=O) groups is 4. The minimum atomic E-state index is -0.998. The number of rotatable bonds is 14. The van der Waals surface area contributed by atoms with Gasteiger partial charge < -0.3 is 24.7 Å². The molecule has 0 radical (unpaired) electrons. The summed E-state index contributed by atoms with van der Waals surface area (Å²) >= 11 is 0. The van der Waals surface area contributed by atoms with E-state index in [0.717, 1.165) is 12.8 Å². The maximum absolute atomic E-state index is 12.4. The minimum absolute atomic E-state index is 0.0948. The van der Waals surface area contributed by atoms with E-state index < -0.39 is 36.0 Å². The van der Waals surface area contributed by atoms with Crippen LogP contribution < -0.4 is 15.2 Å². The van der Waals surface area contributed by atoms with Crippen LogP contribution in [0.1, 0.15) is 72.8 Å². The van der Waals surface area contributed by atoms with Crippen LogP contribution in [0.25, 0.3) is 0 Å². The zero-order valence-corrected chi connectivity index (χ0v) is 21.6. The second-order valence-electron chi connectivity index (χ2n) is 9.03. The summed E-state index contributed by atoms with van der Waals surface area (Å²) in [6.45, 7) is 10.6. The van der Waals surface area contributed by atoms with Crippen molar-refractivity contribution in [2.24, 2.45) is 17.6 Å². The molecule has 0 aliphatic carbocycles. The fourth-order valence-electron chi connectivity index (χ4n) is 2.99. The highest BCUT2D eigenvalue weighted by molar-refractivity contribution is 5.77. The van der Waals surface area contributed by atoms with Crippen molar-refractivity contribution in [1.82, 2.24) is 0 Å². The first kappa shape index (κ1) is 30.1. The Hall–Kier alpha value is -2.94. The van der Waals surface area contributed by atoms with Crippen LogP contribution in [-0.4, -0.2) is 42.6 Å². The van der Waals surface area contributed by atoms with Gasteiger partial charge in [-0.1, -0.05) is 46.6 Å². The van der Waals surface area contributed by atoms with Crippen LogP contribution in [-0.2, 0) is 35.1 Å². The van der Waals surface area contributed by atoms with Gasteiger partial charge in [0.25, 0.3) is 0 Å². The van der Waals surface area contributed by atoms with E-state index in [1.165, 1.54) is 19.1 Å². The average molecular weight is 494 g/mol. The maximum atomic E-state index is 12.4. The Morgan fingerprint density at radius 2 is 1.43 bits per heavy atom. The van der Waals surface area contributed by atoms with Crippen molar-refractivity contribution in [2.75, 3.05) is 6.61 Å². The molecule has 0 bridgehead atoms. The molecule has 0 saturated heterocycles. The molecule has 0 saturated carbocycles. The van der Waals surface area contributed by atoms with Crippen molar-refractivity contribution in [2.45, 2.75) is 85.8 Å². The molecule has 0 aromatic heterocycles. The molecule has 4 atom stereocenters. The van der Waals surface area contributed by atoms with Gasteiger partial charge in [-0.3, -0.25) is 19.2 Å². The fraction of sp³-hybridized carbons (Fsp3) is 0.615. The lowest BCUT2D eigenvalue weighted by molar-refractivity contribution is -0.157. The summed E-state index contributed by atoms with van der Waals surface area (Å²) in [5.41, 5.74) is 6.58. The number of hydrogen-bond acceptors (Lipinski definition) is 9. The lowest BCUT2D eigenvalue weighted by Gasteiger charge is -2.17. The van der Waals surface area contributed by atoms with Crippen molar-refractivity contribution in [1.29, 1.82) is 0 Å². The maximum Gasteiger partial charge on any atom is 0.323 e. The number of hydrogen-bond donors (Lipinski definition) is 1. The Morgan fingerprint density at radius 1 is 0.886 bits per heavy atom. The third kappa shape index (κ3) is 11.8. The van der Waals surface area contributed by atoms with Gasteiger partial charge in [-0.2, -0.15) is 0 Å². The summed E-state index contributed by atoms with van der Waals surface area (Å²) in [5, 5.41) is 0. The highest BCUT2D eigenvalue weighted by Crippen LogP contribution is 2.30. The van der Waals surface area contributed by atoms with Gasteiger partial charge in [0, 0.05) is 19.8 Å². The van der Waals surface area contributed by atoms with Crippen LogP contribution in [0.3, 0.4) is 0 Å². The number of esters is 4. The number of ether oxygens (including phenoxy) is 4. The summed E-state index contributed by atoms with van der Waals surface area (Å²) in [4.78, 5) is 47.9. The SMILES string of the molecule is CCC(C)CC(=O)Oc1ccc(C[C@H](N)C(=O)OC[C@H](C)OC(C)=O)cc1OC(=O)CC(C)CC. The zero-order chi connectivity index (χ0) is 26.5. The Kier molecular flexibility index (Phi) is 13.0. The summed E-state index contributed by atoms with van der Waals surface area (Å²) in [6.07, 6.45) is 1.60. The third-order valence-corrected chi connectivity index (χ3v) is 5.47. The van der Waals surface area contributed by atoms with Crippen LogP contribution in [0.5, 0.6) is 11.5 Å².